The summed E-state index contributed by atoms with van der Waals surface area (Å²) in [6, 6.07) is 7.50. The number of carbonyl (C=O) groups excluding carboxylic acids is 2. The van der Waals surface area contributed by atoms with Crippen molar-refractivity contribution < 1.29 is 19.1 Å². The predicted octanol–water partition coefficient (Wildman–Crippen LogP) is 2.33. The van der Waals surface area contributed by atoms with Crippen molar-refractivity contribution in [2.45, 2.75) is 37.7 Å². The van der Waals surface area contributed by atoms with E-state index >= 15 is 0 Å². The molecule has 1 aromatic carbocycles. The van der Waals surface area contributed by atoms with Crippen molar-refractivity contribution in [1.82, 2.24) is 20.2 Å². The molecule has 2 fully saturated rings. The first kappa shape index (κ1) is 20.4. The summed E-state index contributed by atoms with van der Waals surface area (Å²) >= 11 is 0. The first-order valence-corrected chi connectivity index (χ1v) is 10.5. The first-order valence-electron chi connectivity index (χ1n) is 10.5. The number of rotatable bonds is 5. The highest BCUT2D eigenvalue weighted by Crippen LogP contribution is 2.31. The van der Waals surface area contributed by atoms with Crippen LogP contribution in [0.4, 0.5) is 0 Å². The van der Waals surface area contributed by atoms with Crippen LogP contribution in [-0.2, 0) is 9.53 Å². The maximum Gasteiger partial charge on any atom is 0.269 e. The zero-order chi connectivity index (χ0) is 21.1. The average molecular weight is 412 g/mol. The fourth-order valence-electron chi connectivity index (χ4n) is 4.18. The second-order valence-corrected chi connectivity index (χ2v) is 7.75. The summed E-state index contributed by atoms with van der Waals surface area (Å²) in [4.78, 5) is 35.0. The number of carbonyl (C=O) groups is 2. The van der Waals surface area contributed by atoms with E-state index in [1.807, 2.05) is 29.2 Å². The van der Waals surface area contributed by atoms with Gasteiger partial charge in [0, 0.05) is 38.2 Å². The number of methoxy groups -OCH3 is 1. The van der Waals surface area contributed by atoms with Crippen LogP contribution in [-0.4, -0.2) is 66.6 Å². The second-order valence-electron chi connectivity index (χ2n) is 7.75. The SMILES string of the molecule is CNC(=O)c1[nH]c(C2CCN(C(=O)[C@@H]3CCCO3)CC2)nc1-c1ccc(OC)cc1. The molecule has 1 atom stereocenters. The maximum atomic E-state index is 12.6. The van der Waals surface area contributed by atoms with Gasteiger partial charge in [0.25, 0.3) is 11.8 Å². The van der Waals surface area contributed by atoms with Gasteiger partial charge in [-0.3, -0.25) is 9.59 Å². The Hall–Kier alpha value is -2.87. The number of nitrogens with one attached hydrogen (secondary N) is 2. The number of likely N-dealkylation sites (tertiary alicyclic amines) is 1. The number of benzene rings is 1. The molecule has 2 amide bonds. The molecule has 0 radical (unpaired) electrons. The highest BCUT2D eigenvalue weighted by molar-refractivity contribution is 5.98. The van der Waals surface area contributed by atoms with Crippen LogP contribution in [0.3, 0.4) is 0 Å². The van der Waals surface area contributed by atoms with Crippen LogP contribution in [0.25, 0.3) is 11.3 Å². The summed E-state index contributed by atoms with van der Waals surface area (Å²) in [5, 5.41) is 2.68. The van der Waals surface area contributed by atoms with Gasteiger partial charge < -0.3 is 24.7 Å². The molecule has 2 aliphatic rings. The third-order valence-electron chi connectivity index (χ3n) is 5.94. The molecule has 2 N–H and O–H groups in total. The Kier molecular flexibility index (Phi) is 6.03. The maximum absolute atomic E-state index is 12.6. The van der Waals surface area contributed by atoms with E-state index in [0.717, 1.165) is 42.8 Å². The molecule has 0 unspecified atom stereocenters. The Labute approximate surface area is 176 Å². The van der Waals surface area contributed by atoms with E-state index in [2.05, 4.69) is 10.3 Å². The smallest absolute Gasteiger partial charge is 0.269 e. The van der Waals surface area contributed by atoms with Crippen LogP contribution in [0, 0.1) is 0 Å². The fraction of sp³-hybridized carbons (Fsp3) is 0.500. The van der Waals surface area contributed by atoms with Gasteiger partial charge in [-0.2, -0.15) is 0 Å². The largest absolute Gasteiger partial charge is 0.497 e. The number of amides is 2. The summed E-state index contributed by atoms with van der Waals surface area (Å²) in [6.07, 6.45) is 3.11. The monoisotopic (exact) mass is 412 g/mol. The van der Waals surface area contributed by atoms with Gasteiger partial charge in [0.05, 0.1) is 7.11 Å². The summed E-state index contributed by atoms with van der Waals surface area (Å²) in [7, 11) is 3.23. The lowest BCUT2D eigenvalue weighted by molar-refractivity contribution is -0.142. The van der Waals surface area contributed by atoms with Crippen LogP contribution in [0.5, 0.6) is 5.75 Å². The molecule has 0 aliphatic carbocycles. The fourth-order valence-corrected chi connectivity index (χ4v) is 4.18. The minimum atomic E-state index is -0.272. The van der Waals surface area contributed by atoms with Gasteiger partial charge in [-0.1, -0.05) is 0 Å². The Morgan fingerprint density at radius 1 is 1.20 bits per heavy atom. The number of nitrogens with zero attached hydrogens (tertiary/aromatic N) is 2. The highest BCUT2D eigenvalue weighted by atomic mass is 16.5. The molecule has 0 saturated carbocycles. The van der Waals surface area contributed by atoms with Crippen LogP contribution in [0.15, 0.2) is 24.3 Å². The van der Waals surface area contributed by atoms with Crippen molar-refractivity contribution in [2.24, 2.45) is 0 Å². The number of hydrogen-bond donors (Lipinski definition) is 2. The average Bonchev–Trinajstić information content (AvgIpc) is 3.49. The third kappa shape index (κ3) is 4.05. The summed E-state index contributed by atoms with van der Waals surface area (Å²) in [5.41, 5.74) is 1.93. The minimum absolute atomic E-state index is 0.107. The summed E-state index contributed by atoms with van der Waals surface area (Å²) in [6.45, 7) is 2.03. The first-order chi connectivity index (χ1) is 14.6. The number of H-pyrrole nitrogens is 1. The van der Waals surface area contributed by atoms with Gasteiger partial charge in [-0.15, -0.1) is 0 Å². The van der Waals surface area contributed by atoms with Gasteiger partial charge >= 0.3 is 0 Å². The van der Waals surface area contributed by atoms with E-state index in [1.54, 1.807) is 14.2 Å². The molecule has 4 rings (SSSR count). The Bertz CT molecular complexity index is 894. The molecular weight excluding hydrogens is 384 g/mol. The van der Waals surface area contributed by atoms with Gasteiger partial charge in [-0.25, -0.2) is 4.98 Å². The predicted molar refractivity (Wildman–Crippen MR) is 111 cm³/mol. The van der Waals surface area contributed by atoms with E-state index < -0.39 is 0 Å². The van der Waals surface area contributed by atoms with E-state index in [4.69, 9.17) is 14.5 Å². The topological polar surface area (TPSA) is 96.6 Å². The van der Waals surface area contributed by atoms with Crippen LogP contribution < -0.4 is 10.1 Å². The molecule has 30 heavy (non-hydrogen) atoms. The van der Waals surface area contributed by atoms with E-state index in [9.17, 15) is 9.59 Å². The van der Waals surface area contributed by atoms with Crippen molar-refractivity contribution >= 4 is 11.8 Å². The zero-order valence-corrected chi connectivity index (χ0v) is 17.4. The molecule has 2 saturated heterocycles. The number of piperidine rings is 1. The van der Waals surface area contributed by atoms with Crippen molar-refractivity contribution in [3.63, 3.8) is 0 Å². The molecule has 8 heteroatoms. The van der Waals surface area contributed by atoms with Crippen molar-refractivity contribution in [3.8, 4) is 17.0 Å². The minimum Gasteiger partial charge on any atom is -0.497 e. The number of aromatic nitrogens is 2. The van der Waals surface area contributed by atoms with Crippen LogP contribution >= 0.6 is 0 Å². The number of aromatic amines is 1. The molecule has 160 valence electrons. The number of hydrogen-bond acceptors (Lipinski definition) is 5. The molecule has 0 spiro atoms. The van der Waals surface area contributed by atoms with E-state index in [0.29, 0.717) is 31.1 Å². The lowest BCUT2D eigenvalue weighted by atomic mass is 9.95. The van der Waals surface area contributed by atoms with Gasteiger partial charge in [0.1, 0.15) is 29.1 Å². The van der Waals surface area contributed by atoms with Gasteiger partial charge in [0.15, 0.2) is 0 Å². The summed E-state index contributed by atoms with van der Waals surface area (Å²) < 4.78 is 10.8. The summed E-state index contributed by atoms with van der Waals surface area (Å²) in [5.74, 6) is 1.62. The lowest BCUT2D eigenvalue weighted by Gasteiger charge is -2.32. The van der Waals surface area contributed by atoms with Crippen LogP contribution in [0.2, 0.25) is 0 Å². The van der Waals surface area contributed by atoms with Gasteiger partial charge in [0.2, 0.25) is 0 Å². The Balaban J connectivity index is 1.51. The molecule has 1 aromatic heterocycles. The van der Waals surface area contributed by atoms with Crippen molar-refractivity contribution in [1.29, 1.82) is 0 Å². The molecule has 3 heterocycles. The Morgan fingerprint density at radius 2 is 1.93 bits per heavy atom. The van der Waals surface area contributed by atoms with Crippen molar-refractivity contribution in [3.05, 3.63) is 35.8 Å². The van der Waals surface area contributed by atoms with Crippen molar-refractivity contribution in [2.75, 3.05) is 33.9 Å². The standard InChI is InChI=1S/C22H28N4O4/c1-23-21(27)19-18(14-5-7-16(29-2)8-6-14)24-20(25-19)15-9-11-26(12-10-15)22(28)17-4-3-13-30-17/h5-8,15,17H,3-4,9-13H2,1-2H3,(H,23,27)(H,24,25)/t17-/m0/s1. The molecule has 0 bridgehead atoms. The molecule has 2 aromatic rings. The van der Waals surface area contributed by atoms with Crippen LogP contribution in [0.1, 0.15) is 47.9 Å². The second kappa shape index (κ2) is 8.87. The quantitative estimate of drug-likeness (QED) is 0.786. The molecule has 2 aliphatic heterocycles. The number of imidazole rings is 1. The normalized spacial score (nSPS) is 19.7. The van der Waals surface area contributed by atoms with E-state index in [1.165, 1.54) is 0 Å². The molecular formula is C22H28N4O4. The number of ether oxygens (including phenoxy) is 2. The highest BCUT2D eigenvalue weighted by Gasteiger charge is 2.32. The lowest BCUT2D eigenvalue weighted by Crippen LogP contribution is -2.43. The molecule has 8 nitrogen and oxygen atoms in total. The van der Waals surface area contributed by atoms with Gasteiger partial charge in [-0.05, 0) is 49.9 Å². The zero-order valence-electron chi connectivity index (χ0n) is 17.4. The Morgan fingerprint density at radius 3 is 2.53 bits per heavy atom. The van der Waals surface area contributed by atoms with E-state index in [-0.39, 0.29) is 23.8 Å². The third-order valence-corrected chi connectivity index (χ3v) is 5.94.